The van der Waals surface area contributed by atoms with E-state index in [2.05, 4.69) is 59.6 Å². The van der Waals surface area contributed by atoms with Crippen LogP contribution < -0.4 is 10.2 Å². The van der Waals surface area contributed by atoms with Crippen molar-refractivity contribution in [2.75, 3.05) is 11.4 Å². The molecule has 114 valence electrons. The molecular formula is C19H22N2O. The normalized spacial score (nSPS) is 14.5. The maximum Gasteiger partial charge on any atom is 0.242 e. The number of nitrogens with zero attached hydrogens (tertiary/aromatic N) is 1. The monoisotopic (exact) mass is 294 g/mol. The molecule has 0 saturated carbocycles. The Balaban J connectivity index is 1.62. The number of hydrogen-bond donors (Lipinski definition) is 1. The molecule has 0 fully saturated rings. The summed E-state index contributed by atoms with van der Waals surface area (Å²) in [5, 5.41) is 3.05. The maximum absolute atomic E-state index is 12.4. The zero-order valence-electron chi connectivity index (χ0n) is 13.2. The zero-order chi connectivity index (χ0) is 15.5. The number of rotatable bonds is 4. The molecule has 1 amide bonds. The highest BCUT2D eigenvalue weighted by Gasteiger charge is 2.27. The quantitative estimate of drug-likeness (QED) is 0.940. The Morgan fingerprint density at radius 2 is 1.91 bits per heavy atom. The number of carbonyl (C=O) groups is 1. The number of nitrogens with one attached hydrogen (secondary N) is 1. The summed E-state index contributed by atoms with van der Waals surface area (Å²) in [7, 11) is 0. The van der Waals surface area contributed by atoms with Crippen LogP contribution in [0.5, 0.6) is 0 Å². The first-order valence-electron chi connectivity index (χ1n) is 7.83. The lowest BCUT2D eigenvalue weighted by Gasteiger charge is -2.26. The van der Waals surface area contributed by atoms with Crippen LogP contribution in [0.4, 0.5) is 5.69 Å². The molecule has 0 radical (unpaired) electrons. The molecule has 2 aromatic rings. The first-order chi connectivity index (χ1) is 10.6. The van der Waals surface area contributed by atoms with Crippen LogP contribution in [0, 0.1) is 6.92 Å². The van der Waals surface area contributed by atoms with Gasteiger partial charge in [0.1, 0.15) is 6.04 Å². The average Bonchev–Trinajstić information content (AvgIpc) is 2.97. The molecule has 2 aromatic carbocycles. The van der Waals surface area contributed by atoms with Crippen molar-refractivity contribution in [3.8, 4) is 0 Å². The van der Waals surface area contributed by atoms with Gasteiger partial charge in [0.15, 0.2) is 0 Å². The van der Waals surface area contributed by atoms with Crippen molar-refractivity contribution in [2.45, 2.75) is 32.9 Å². The highest BCUT2D eigenvalue weighted by atomic mass is 16.2. The predicted molar refractivity (Wildman–Crippen MR) is 90.0 cm³/mol. The average molecular weight is 294 g/mol. The number of aryl methyl sites for hydroxylation is 1. The molecule has 3 heteroatoms. The van der Waals surface area contributed by atoms with Crippen LogP contribution >= 0.6 is 0 Å². The van der Waals surface area contributed by atoms with Crippen molar-refractivity contribution >= 4 is 11.6 Å². The lowest BCUT2D eigenvalue weighted by Crippen LogP contribution is -2.44. The maximum atomic E-state index is 12.4. The van der Waals surface area contributed by atoms with E-state index in [9.17, 15) is 4.79 Å². The predicted octanol–water partition coefficient (Wildman–Crippen LogP) is 3.06. The fourth-order valence-corrected chi connectivity index (χ4v) is 2.95. The third kappa shape index (κ3) is 2.98. The summed E-state index contributed by atoms with van der Waals surface area (Å²) in [6.45, 7) is 5.54. The van der Waals surface area contributed by atoms with Gasteiger partial charge in [0.05, 0.1) is 0 Å². The minimum atomic E-state index is -0.144. The Bertz CT molecular complexity index is 663. The first kappa shape index (κ1) is 14.6. The molecule has 0 aromatic heterocycles. The van der Waals surface area contributed by atoms with Crippen molar-refractivity contribution in [1.82, 2.24) is 5.32 Å². The van der Waals surface area contributed by atoms with E-state index in [-0.39, 0.29) is 11.9 Å². The van der Waals surface area contributed by atoms with Crippen molar-refractivity contribution in [1.29, 1.82) is 0 Å². The molecule has 1 aliphatic heterocycles. The number of amides is 1. The van der Waals surface area contributed by atoms with E-state index >= 15 is 0 Å². The van der Waals surface area contributed by atoms with E-state index in [0.29, 0.717) is 6.54 Å². The third-order valence-corrected chi connectivity index (χ3v) is 4.36. The van der Waals surface area contributed by atoms with E-state index in [4.69, 9.17) is 0 Å². The second kappa shape index (κ2) is 6.22. The summed E-state index contributed by atoms with van der Waals surface area (Å²) in [5.74, 6) is 0.0808. The van der Waals surface area contributed by atoms with Gasteiger partial charge in [0, 0.05) is 18.8 Å². The number of anilines is 1. The van der Waals surface area contributed by atoms with Gasteiger partial charge < -0.3 is 10.2 Å². The van der Waals surface area contributed by atoms with E-state index in [1.165, 1.54) is 16.8 Å². The van der Waals surface area contributed by atoms with E-state index in [1.54, 1.807) is 0 Å². The molecule has 1 atom stereocenters. The summed E-state index contributed by atoms with van der Waals surface area (Å²) in [5.41, 5.74) is 4.89. The highest BCUT2D eigenvalue weighted by Crippen LogP contribution is 2.29. The molecule has 0 aliphatic carbocycles. The van der Waals surface area contributed by atoms with Gasteiger partial charge >= 0.3 is 0 Å². The molecular weight excluding hydrogens is 272 g/mol. The van der Waals surface area contributed by atoms with Gasteiger partial charge in [-0.1, -0.05) is 48.0 Å². The van der Waals surface area contributed by atoms with Crippen molar-refractivity contribution in [3.63, 3.8) is 0 Å². The van der Waals surface area contributed by atoms with Crippen LogP contribution in [0.2, 0.25) is 0 Å². The smallest absolute Gasteiger partial charge is 0.242 e. The molecule has 0 saturated heterocycles. The summed E-state index contributed by atoms with van der Waals surface area (Å²) in [6, 6.07) is 16.5. The number of fused-ring (bicyclic) bond motifs is 1. The number of benzene rings is 2. The third-order valence-electron chi connectivity index (χ3n) is 4.36. The molecule has 3 nitrogen and oxygen atoms in total. The van der Waals surface area contributed by atoms with Gasteiger partial charge in [-0.25, -0.2) is 0 Å². The molecule has 0 bridgehead atoms. The van der Waals surface area contributed by atoms with Crippen LogP contribution in [0.25, 0.3) is 0 Å². The fourth-order valence-electron chi connectivity index (χ4n) is 2.95. The van der Waals surface area contributed by atoms with Crippen LogP contribution in [0.15, 0.2) is 48.5 Å². The molecule has 1 aliphatic rings. The Labute approximate surface area is 132 Å². The second-order valence-electron chi connectivity index (χ2n) is 5.95. The number of carbonyl (C=O) groups excluding carboxylic acids is 1. The van der Waals surface area contributed by atoms with Crippen molar-refractivity contribution in [2.24, 2.45) is 0 Å². The molecule has 1 N–H and O–H groups in total. The fraction of sp³-hybridized carbons (Fsp3) is 0.316. The molecule has 3 rings (SSSR count). The lowest BCUT2D eigenvalue weighted by molar-refractivity contribution is -0.122. The summed E-state index contributed by atoms with van der Waals surface area (Å²) in [4.78, 5) is 14.6. The Morgan fingerprint density at radius 3 is 2.68 bits per heavy atom. The number of hydrogen-bond acceptors (Lipinski definition) is 2. The second-order valence-corrected chi connectivity index (χ2v) is 5.95. The summed E-state index contributed by atoms with van der Waals surface area (Å²) < 4.78 is 0. The molecule has 0 unspecified atom stereocenters. The van der Waals surface area contributed by atoms with Gasteiger partial charge in [0.2, 0.25) is 5.91 Å². The van der Waals surface area contributed by atoms with E-state index in [1.807, 2.05) is 13.0 Å². The van der Waals surface area contributed by atoms with Crippen LogP contribution in [-0.4, -0.2) is 18.5 Å². The van der Waals surface area contributed by atoms with Gasteiger partial charge in [-0.15, -0.1) is 0 Å². The Hall–Kier alpha value is -2.29. The van der Waals surface area contributed by atoms with Gasteiger partial charge in [-0.2, -0.15) is 0 Å². The van der Waals surface area contributed by atoms with E-state index < -0.39 is 0 Å². The van der Waals surface area contributed by atoms with Crippen LogP contribution in [0.3, 0.4) is 0 Å². The van der Waals surface area contributed by atoms with Gasteiger partial charge in [-0.05, 0) is 37.5 Å². The topological polar surface area (TPSA) is 32.3 Å². The summed E-state index contributed by atoms with van der Waals surface area (Å²) >= 11 is 0. The van der Waals surface area contributed by atoms with Gasteiger partial charge in [0.25, 0.3) is 0 Å². The Kier molecular flexibility index (Phi) is 4.14. The SMILES string of the molecule is Cc1ccc(CNC(=O)[C@H](C)N2CCc3ccccc32)cc1. The van der Waals surface area contributed by atoms with Crippen LogP contribution in [0.1, 0.15) is 23.6 Å². The standard InChI is InChI=1S/C19H22N2O/c1-14-7-9-16(10-8-14)13-20-19(22)15(2)21-12-11-17-5-3-4-6-18(17)21/h3-10,15H,11-13H2,1-2H3,(H,20,22)/t15-/m0/s1. The largest absolute Gasteiger partial charge is 0.359 e. The lowest BCUT2D eigenvalue weighted by atomic mass is 10.1. The zero-order valence-corrected chi connectivity index (χ0v) is 13.2. The van der Waals surface area contributed by atoms with E-state index in [0.717, 1.165) is 18.5 Å². The highest BCUT2D eigenvalue weighted by molar-refractivity contribution is 5.85. The van der Waals surface area contributed by atoms with Gasteiger partial charge in [-0.3, -0.25) is 4.79 Å². The summed E-state index contributed by atoms with van der Waals surface area (Å²) in [6.07, 6.45) is 1.02. The molecule has 0 spiro atoms. The first-order valence-corrected chi connectivity index (χ1v) is 7.83. The molecule has 1 heterocycles. The van der Waals surface area contributed by atoms with Crippen LogP contribution in [-0.2, 0) is 17.8 Å². The molecule has 22 heavy (non-hydrogen) atoms. The number of para-hydroxylation sites is 1. The minimum Gasteiger partial charge on any atom is -0.359 e. The van der Waals surface area contributed by atoms with Crippen molar-refractivity contribution in [3.05, 3.63) is 65.2 Å². The Morgan fingerprint density at radius 1 is 1.18 bits per heavy atom. The minimum absolute atomic E-state index is 0.0808. The van der Waals surface area contributed by atoms with Crippen molar-refractivity contribution < 1.29 is 4.79 Å².